The summed E-state index contributed by atoms with van der Waals surface area (Å²) in [7, 11) is 5.27. The normalized spacial score (nSPS) is 10.5. The molecule has 19 heavy (non-hydrogen) atoms. The standard InChI is InChI=1S/C14H19N3O2/c1-17-10-16-9-12(17)8-15-7-11-4-5-13(18-2)14(6-11)19-3/h4-6,9-10,15H,7-8H2,1-3H3. The highest BCUT2D eigenvalue weighted by Crippen LogP contribution is 2.27. The second-order valence-corrected chi connectivity index (χ2v) is 4.29. The van der Waals surface area contributed by atoms with E-state index in [9.17, 15) is 0 Å². The van der Waals surface area contributed by atoms with Crippen LogP contribution >= 0.6 is 0 Å². The lowest BCUT2D eigenvalue weighted by atomic mass is 10.2. The quantitative estimate of drug-likeness (QED) is 0.860. The van der Waals surface area contributed by atoms with Gasteiger partial charge in [0.1, 0.15) is 0 Å². The highest BCUT2D eigenvalue weighted by atomic mass is 16.5. The average molecular weight is 261 g/mol. The maximum Gasteiger partial charge on any atom is 0.161 e. The number of nitrogens with one attached hydrogen (secondary N) is 1. The molecule has 1 heterocycles. The van der Waals surface area contributed by atoms with Gasteiger partial charge in [0, 0.05) is 26.3 Å². The van der Waals surface area contributed by atoms with Crippen molar-refractivity contribution in [2.75, 3.05) is 14.2 Å². The Morgan fingerprint density at radius 3 is 2.58 bits per heavy atom. The molecule has 102 valence electrons. The van der Waals surface area contributed by atoms with Crippen LogP contribution in [0.1, 0.15) is 11.3 Å². The molecule has 2 rings (SSSR count). The van der Waals surface area contributed by atoms with Crippen LogP contribution in [0.25, 0.3) is 0 Å². The summed E-state index contributed by atoms with van der Waals surface area (Å²) < 4.78 is 12.5. The van der Waals surface area contributed by atoms with Crippen LogP contribution in [0.3, 0.4) is 0 Å². The van der Waals surface area contributed by atoms with Crippen LogP contribution in [-0.4, -0.2) is 23.8 Å². The Morgan fingerprint density at radius 2 is 1.95 bits per heavy atom. The minimum Gasteiger partial charge on any atom is -0.493 e. The molecule has 0 saturated heterocycles. The molecule has 1 aromatic heterocycles. The average Bonchev–Trinajstić information content (AvgIpc) is 2.84. The molecule has 1 N–H and O–H groups in total. The largest absolute Gasteiger partial charge is 0.493 e. The van der Waals surface area contributed by atoms with Gasteiger partial charge in [-0.25, -0.2) is 4.98 Å². The Morgan fingerprint density at radius 1 is 1.16 bits per heavy atom. The van der Waals surface area contributed by atoms with Crippen LogP contribution in [0.5, 0.6) is 11.5 Å². The van der Waals surface area contributed by atoms with E-state index in [1.165, 1.54) is 0 Å². The van der Waals surface area contributed by atoms with Gasteiger partial charge < -0.3 is 19.4 Å². The van der Waals surface area contributed by atoms with Gasteiger partial charge in [-0.1, -0.05) is 6.07 Å². The molecule has 0 atom stereocenters. The van der Waals surface area contributed by atoms with Crippen LogP contribution in [0.4, 0.5) is 0 Å². The van der Waals surface area contributed by atoms with Gasteiger partial charge in [-0.2, -0.15) is 0 Å². The number of benzene rings is 1. The predicted molar refractivity (Wildman–Crippen MR) is 73.3 cm³/mol. The van der Waals surface area contributed by atoms with Crippen LogP contribution in [-0.2, 0) is 20.1 Å². The van der Waals surface area contributed by atoms with Crippen LogP contribution in [0.15, 0.2) is 30.7 Å². The van der Waals surface area contributed by atoms with Gasteiger partial charge >= 0.3 is 0 Å². The number of imidazole rings is 1. The number of methoxy groups -OCH3 is 2. The molecule has 0 fully saturated rings. The molecule has 0 amide bonds. The molecule has 2 aromatic rings. The van der Waals surface area contributed by atoms with Crippen molar-refractivity contribution in [3.8, 4) is 11.5 Å². The molecule has 0 aliphatic rings. The first-order valence-electron chi connectivity index (χ1n) is 6.11. The van der Waals surface area contributed by atoms with E-state index >= 15 is 0 Å². The number of hydrogen-bond donors (Lipinski definition) is 1. The van der Waals surface area contributed by atoms with E-state index in [0.717, 1.165) is 35.8 Å². The van der Waals surface area contributed by atoms with E-state index in [1.807, 2.05) is 36.0 Å². The molecule has 0 unspecified atom stereocenters. The SMILES string of the molecule is COc1ccc(CNCc2cncn2C)cc1OC. The summed E-state index contributed by atoms with van der Waals surface area (Å²) in [5.74, 6) is 1.50. The zero-order valence-corrected chi connectivity index (χ0v) is 11.5. The lowest BCUT2D eigenvalue weighted by Gasteiger charge is -2.10. The Hall–Kier alpha value is -2.01. The van der Waals surface area contributed by atoms with E-state index in [-0.39, 0.29) is 0 Å². The Labute approximate surface area is 113 Å². The third-order valence-corrected chi connectivity index (χ3v) is 3.00. The summed E-state index contributed by atoms with van der Waals surface area (Å²) in [6.45, 7) is 1.55. The molecule has 0 radical (unpaired) electrons. The highest BCUT2D eigenvalue weighted by Gasteiger charge is 2.04. The van der Waals surface area contributed by atoms with Gasteiger partial charge in [0.05, 0.1) is 26.2 Å². The zero-order valence-electron chi connectivity index (χ0n) is 11.5. The Bertz CT molecular complexity index is 537. The third kappa shape index (κ3) is 3.26. The van der Waals surface area contributed by atoms with Crippen molar-refractivity contribution < 1.29 is 9.47 Å². The summed E-state index contributed by atoms with van der Waals surface area (Å²) in [6, 6.07) is 5.92. The Balaban J connectivity index is 1.94. The maximum atomic E-state index is 5.28. The van der Waals surface area contributed by atoms with Crippen molar-refractivity contribution in [1.29, 1.82) is 0 Å². The summed E-state index contributed by atoms with van der Waals surface area (Å²) in [4.78, 5) is 4.08. The van der Waals surface area contributed by atoms with Crippen LogP contribution < -0.4 is 14.8 Å². The molecule has 0 saturated carbocycles. The van der Waals surface area contributed by atoms with E-state index in [2.05, 4.69) is 10.3 Å². The first kappa shape index (κ1) is 13.4. The van der Waals surface area contributed by atoms with Gasteiger partial charge in [0.2, 0.25) is 0 Å². The number of ether oxygens (including phenoxy) is 2. The van der Waals surface area contributed by atoms with E-state index in [0.29, 0.717) is 0 Å². The fourth-order valence-electron chi connectivity index (χ4n) is 1.88. The second kappa shape index (κ2) is 6.24. The fourth-order valence-corrected chi connectivity index (χ4v) is 1.88. The highest BCUT2D eigenvalue weighted by molar-refractivity contribution is 5.42. The van der Waals surface area contributed by atoms with Gasteiger partial charge in [0.15, 0.2) is 11.5 Å². The van der Waals surface area contributed by atoms with Gasteiger partial charge in [-0.05, 0) is 17.7 Å². The molecule has 0 spiro atoms. The Kier molecular flexibility index (Phi) is 4.41. The first-order valence-corrected chi connectivity index (χ1v) is 6.11. The van der Waals surface area contributed by atoms with Gasteiger partial charge in [-0.3, -0.25) is 0 Å². The molecule has 1 aromatic carbocycles. The number of hydrogen-bond acceptors (Lipinski definition) is 4. The maximum absolute atomic E-state index is 5.28. The first-order chi connectivity index (χ1) is 9.24. The minimum absolute atomic E-state index is 0.748. The summed E-state index contributed by atoms with van der Waals surface area (Å²) in [6.07, 6.45) is 3.66. The van der Waals surface area contributed by atoms with E-state index in [1.54, 1.807) is 20.5 Å². The summed E-state index contributed by atoms with van der Waals surface area (Å²) in [5, 5.41) is 3.38. The molecule has 5 heteroatoms. The van der Waals surface area contributed by atoms with Gasteiger partial charge in [-0.15, -0.1) is 0 Å². The van der Waals surface area contributed by atoms with Gasteiger partial charge in [0.25, 0.3) is 0 Å². The lowest BCUT2D eigenvalue weighted by molar-refractivity contribution is 0.354. The monoisotopic (exact) mass is 261 g/mol. The minimum atomic E-state index is 0.748. The third-order valence-electron chi connectivity index (χ3n) is 3.00. The molecule has 0 bridgehead atoms. The number of rotatable bonds is 6. The van der Waals surface area contributed by atoms with Crippen molar-refractivity contribution in [1.82, 2.24) is 14.9 Å². The molecule has 0 aliphatic heterocycles. The van der Waals surface area contributed by atoms with Crippen molar-refractivity contribution in [2.45, 2.75) is 13.1 Å². The predicted octanol–water partition coefficient (Wildman–Crippen LogP) is 1.73. The lowest BCUT2D eigenvalue weighted by Crippen LogP contribution is -2.14. The zero-order chi connectivity index (χ0) is 13.7. The van der Waals surface area contributed by atoms with Crippen LogP contribution in [0, 0.1) is 0 Å². The summed E-state index contributed by atoms with van der Waals surface area (Å²) in [5.41, 5.74) is 2.31. The van der Waals surface area contributed by atoms with Crippen LogP contribution in [0.2, 0.25) is 0 Å². The number of nitrogens with zero attached hydrogens (tertiary/aromatic N) is 2. The number of aromatic nitrogens is 2. The van der Waals surface area contributed by atoms with Crippen molar-refractivity contribution >= 4 is 0 Å². The molecular weight excluding hydrogens is 242 g/mol. The molecule has 5 nitrogen and oxygen atoms in total. The smallest absolute Gasteiger partial charge is 0.161 e. The van der Waals surface area contributed by atoms with Crippen molar-refractivity contribution in [3.05, 3.63) is 42.0 Å². The van der Waals surface area contributed by atoms with Crippen molar-refractivity contribution in [2.24, 2.45) is 7.05 Å². The molecule has 0 aliphatic carbocycles. The fraction of sp³-hybridized carbons (Fsp3) is 0.357. The van der Waals surface area contributed by atoms with Crippen molar-refractivity contribution in [3.63, 3.8) is 0 Å². The molecular formula is C14H19N3O2. The second-order valence-electron chi connectivity index (χ2n) is 4.29. The van der Waals surface area contributed by atoms with E-state index in [4.69, 9.17) is 9.47 Å². The topological polar surface area (TPSA) is 48.3 Å². The summed E-state index contributed by atoms with van der Waals surface area (Å²) >= 11 is 0. The van der Waals surface area contributed by atoms with E-state index < -0.39 is 0 Å². The number of aryl methyl sites for hydroxylation is 1.